The van der Waals surface area contributed by atoms with E-state index in [4.69, 9.17) is 20.9 Å². The molecule has 4 amide bonds. The Bertz CT molecular complexity index is 1970. The molecule has 4 aromatic rings. The number of carbonyl (C=O) groups is 6. The zero-order valence-electron chi connectivity index (χ0n) is 32.0. The van der Waals surface area contributed by atoms with E-state index in [9.17, 15) is 28.8 Å². The van der Waals surface area contributed by atoms with Gasteiger partial charge in [-0.3, -0.25) is 28.8 Å². The number of benzene rings is 4. The molecule has 1 atom stereocenters. The maximum Gasteiger partial charge on any atom is 0.313 e. The van der Waals surface area contributed by atoms with Crippen LogP contribution in [0.5, 0.6) is 11.5 Å². The fraction of sp³-hybridized carbons (Fsp3) is 0.318. The largest absolute Gasteiger partial charge is 0.426 e. The number of primary amides is 2. The summed E-state index contributed by atoms with van der Waals surface area (Å²) in [5.41, 5.74) is 13.4. The minimum Gasteiger partial charge on any atom is -0.426 e. The van der Waals surface area contributed by atoms with Crippen LogP contribution in [0.25, 0.3) is 0 Å². The van der Waals surface area contributed by atoms with Crippen LogP contribution in [0.15, 0.2) is 107 Å². The Morgan fingerprint density at radius 3 is 1.36 bits per heavy atom. The van der Waals surface area contributed by atoms with Gasteiger partial charge in [0, 0.05) is 34.3 Å². The molecule has 12 nitrogen and oxygen atoms in total. The summed E-state index contributed by atoms with van der Waals surface area (Å²) in [5, 5.41) is 5.30. The lowest BCUT2D eigenvalue weighted by Crippen LogP contribution is -2.42. The van der Waals surface area contributed by atoms with Crippen molar-refractivity contribution in [2.75, 3.05) is 6.54 Å². The first-order valence-corrected chi connectivity index (χ1v) is 19.8. The molecule has 0 saturated heterocycles. The maximum atomic E-state index is 12.4. The molecule has 0 aliphatic rings. The van der Waals surface area contributed by atoms with Gasteiger partial charge in [0.1, 0.15) is 17.5 Å². The summed E-state index contributed by atoms with van der Waals surface area (Å²) in [7, 11) is 0. The predicted molar refractivity (Wildman–Crippen MR) is 232 cm³/mol. The Morgan fingerprint density at radius 2 is 0.983 bits per heavy atom. The monoisotopic (exact) mass is 832 g/mol. The molecule has 4 rings (SSSR count). The highest BCUT2D eigenvalue weighted by Gasteiger charge is 2.17. The Labute approximate surface area is 350 Å². The molecular weight excluding hydrogens is 777 g/mol. The van der Waals surface area contributed by atoms with Crippen LogP contribution < -0.4 is 31.6 Å². The summed E-state index contributed by atoms with van der Waals surface area (Å²) in [4.78, 5) is 71.6. The van der Waals surface area contributed by atoms with E-state index in [-0.39, 0.29) is 63.4 Å². The number of nitrogens with one attached hydrogen (secondary N) is 2. The van der Waals surface area contributed by atoms with E-state index in [1.54, 1.807) is 83.1 Å². The number of esters is 2. The minimum absolute atomic E-state index is 0. The quantitative estimate of drug-likeness (QED) is 0.0468. The first kappa shape index (κ1) is 50.4. The molecule has 0 aliphatic heterocycles. The van der Waals surface area contributed by atoms with Crippen LogP contribution in [0.1, 0.15) is 87.7 Å². The molecule has 0 aliphatic carbocycles. The third-order valence-corrected chi connectivity index (χ3v) is 10.00. The Morgan fingerprint density at radius 1 is 0.586 bits per heavy atom. The highest BCUT2D eigenvalue weighted by atomic mass is 32.2. The van der Waals surface area contributed by atoms with E-state index in [0.29, 0.717) is 34.1 Å². The molecule has 0 spiro atoms. The average molecular weight is 833 g/mol. The van der Waals surface area contributed by atoms with Gasteiger partial charge in [-0.1, -0.05) is 91.1 Å². The molecule has 0 radical (unpaired) electrons. The number of thioether (sulfide) groups is 2. The lowest BCUT2D eigenvalue weighted by Gasteiger charge is -2.13. The smallest absolute Gasteiger partial charge is 0.313 e. The Balaban J connectivity index is 0.000000561. The number of rotatable bonds is 17. The second kappa shape index (κ2) is 25.6. The number of carbonyl (C=O) groups excluding carboxylic acids is 6. The molecule has 0 heterocycles. The fourth-order valence-corrected chi connectivity index (χ4v) is 6.41. The van der Waals surface area contributed by atoms with Crippen LogP contribution in [0.4, 0.5) is 0 Å². The molecule has 0 bridgehead atoms. The highest BCUT2D eigenvalue weighted by molar-refractivity contribution is 7.98. The van der Waals surface area contributed by atoms with Crippen LogP contribution in [0.2, 0.25) is 0 Å². The Hall–Kier alpha value is -5.60. The SMILES string of the molecule is C.C.CC(C)C(=O)Oc1ccc(CSc2ccccc2C(=O)NC(C)C(N)=O)cc1.CC(C)C(=O)Oc1ccc(CSc2ccccc2C(=O)NCCC(N)=O)cc1. The zero-order valence-corrected chi connectivity index (χ0v) is 33.7. The van der Waals surface area contributed by atoms with E-state index in [2.05, 4.69) is 10.6 Å². The van der Waals surface area contributed by atoms with Gasteiger partial charge in [0.05, 0.1) is 23.0 Å². The first-order valence-electron chi connectivity index (χ1n) is 17.9. The molecule has 14 heteroatoms. The van der Waals surface area contributed by atoms with Gasteiger partial charge in [0.2, 0.25) is 11.8 Å². The minimum atomic E-state index is -0.744. The summed E-state index contributed by atoms with van der Waals surface area (Å²) in [6.07, 6.45) is 0.106. The summed E-state index contributed by atoms with van der Waals surface area (Å²) in [5.74, 6) is -0.207. The van der Waals surface area contributed by atoms with Crippen molar-refractivity contribution in [3.05, 3.63) is 119 Å². The first-order chi connectivity index (χ1) is 26.6. The van der Waals surface area contributed by atoms with Gasteiger partial charge >= 0.3 is 11.9 Å². The predicted octanol–water partition coefficient (Wildman–Crippen LogP) is 7.56. The second-order valence-electron chi connectivity index (χ2n) is 13.1. The van der Waals surface area contributed by atoms with Crippen molar-refractivity contribution >= 4 is 59.1 Å². The molecule has 0 saturated carbocycles. The van der Waals surface area contributed by atoms with E-state index in [1.807, 2.05) is 48.5 Å². The van der Waals surface area contributed by atoms with Crippen molar-refractivity contribution in [3.63, 3.8) is 0 Å². The third kappa shape index (κ3) is 17.3. The van der Waals surface area contributed by atoms with Crippen molar-refractivity contribution in [1.29, 1.82) is 0 Å². The van der Waals surface area contributed by atoms with Crippen molar-refractivity contribution in [3.8, 4) is 11.5 Å². The molecule has 58 heavy (non-hydrogen) atoms. The second-order valence-corrected chi connectivity index (χ2v) is 15.1. The van der Waals surface area contributed by atoms with Crippen molar-refractivity contribution < 1.29 is 38.2 Å². The normalized spacial score (nSPS) is 10.7. The Kier molecular flexibility index (Phi) is 22.3. The molecule has 1 unspecified atom stereocenters. The number of amides is 4. The number of nitrogens with two attached hydrogens (primary N) is 2. The van der Waals surface area contributed by atoms with Gasteiger partial charge in [-0.2, -0.15) is 0 Å². The van der Waals surface area contributed by atoms with Crippen molar-refractivity contribution in [1.82, 2.24) is 10.6 Å². The van der Waals surface area contributed by atoms with Gasteiger partial charge in [-0.15, -0.1) is 23.5 Å². The summed E-state index contributed by atoms with van der Waals surface area (Å²) in [6.45, 7) is 8.90. The van der Waals surface area contributed by atoms with Gasteiger partial charge < -0.3 is 31.6 Å². The van der Waals surface area contributed by atoms with E-state index >= 15 is 0 Å². The summed E-state index contributed by atoms with van der Waals surface area (Å²) < 4.78 is 10.5. The molecule has 6 N–H and O–H groups in total. The molecule has 0 aromatic heterocycles. The third-order valence-electron chi connectivity index (χ3n) is 7.71. The van der Waals surface area contributed by atoms with Gasteiger partial charge in [0.25, 0.3) is 11.8 Å². The molecule has 0 fully saturated rings. The fourth-order valence-electron chi connectivity index (χ4n) is 4.40. The highest BCUT2D eigenvalue weighted by Crippen LogP contribution is 2.29. The summed E-state index contributed by atoms with van der Waals surface area (Å²) >= 11 is 3.04. The van der Waals surface area contributed by atoms with Crippen LogP contribution >= 0.6 is 23.5 Å². The zero-order chi connectivity index (χ0) is 41.2. The maximum absolute atomic E-state index is 12.4. The van der Waals surface area contributed by atoms with Crippen molar-refractivity contribution in [2.24, 2.45) is 23.3 Å². The van der Waals surface area contributed by atoms with Gasteiger partial charge in [0.15, 0.2) is 0 Å². The van der Waals surface area contributed by atoms with E-state index in [1.165, 1.54) is 23.5 Å². The average Bonchev–Trinajstić information content (AvgIpc) is 3.17. The van der Waals surface area contributed by atoms with Gasteiger partial charge in [-0.25, -0.2) is 0 Å². The van der Waals surface area contributed by atoms with Crippen LogP contribution in [-0.4, -0.2) is 48.2 Å². The van der Waals surface area contributed by atoms with Crippen LogP contribution in [-0.2, 0) is 30.7 Å². The van der Waals surface area contributed by atoms with Crippen LogP contribution in [0, 0.1) is 11.8 Å². The lowest BCUT2D eigenvalue weighted by molar-refractivity contribution is -0.138. The number of hydrogen-bond donors (Lipinski definition) is 4. The standard InChI is InChI=1S/2C21H24N2O4S.2CH4/c1-13(2)21(26)27-16-10-8-15(9-11-16)12-28-18-7-5-4-6-17(18)20(25)23-14(3)19(22)24;1-14(2)21(26)27-16-9-7-15(8-10-16)13-28-18-6-4-3-5-17(18)20(25)23-12-11-19(22)24;;/h4-11,13-14H,12H2,1-3H3,(H2,22,24)(H,23,25);3-10,14H,11-13H2,1-2H3,(H2,22,24)(H,23,25);2*1H4. The topological polar surface area (TPSA) is 197 Å². The molecule has 4 aromatic carbocycles. The van der Waals surface area contributed by atoms with Gasteiger partial charge in [-0.05, 0) is 66.6 Å². The molecular formula is C44H56N4O8S2. The number of hydrogen-bond acceptors (Lipinski definition) is 10. The van der Waals surface area contributed by atoms with E-state index < -0.39 is 17.9 Å². The van der Waals surface area contributed by atoms with E-state index in [0.717, 1.165) is 20.9 Å². The number of ether oxygens (including phenoxy) is 2. The summed E-state index contributed by atoms with van der Waals surface area (Å²) in [6, 6.07) is 28.3. The van der Waals surface area contributed by atoms with Crippen molar-refractivity contribution in [2.45, 2.75) is 83.2 Å². The van der Waals surface area contributed by atoms with Crippen LogP contribution in [0.3, 0.4) is 0 Å². The lowest BCUT2D eigenvalue weighted by atomic mass is 10.2. The molecule has 312 valence electrons.